The Morgan fingerprint density at radius 1 is 1.60 bits per heavy atom. The number of halogens is 1. The molecule has 0 spiro atoms. The van der Waals surface area contributed by atoms with Crippen LogP contribution in [0.5, 0.6) is 0 Å². The van der Waals surface area contributed by atoms with Crippen LogP contribution in [0.25, 0.3) is 0 Å². The average Bonchev–Trinajstić information content (AvgIpc) is 1.85. The van der Waals surface area contributed by atoms with Crippen molar-refractivity contribution < 1.29 is 4.39 Å². The van der Waals surface area contributed by atoms with Crippen molar-refractivity contribution in [3.63, 3.8) is 0 Å². The Bertz CT molecular complexity index is 216. The number of nitrogens with two attached hydrogens (primary N) is 1. The minimum atomic E-state index is -0.565. The first-order valence-electron chi connectivity index (χ1n) is 3.01. The maximum absolute atomic E-state index is 12.4. The van der Waals surface area contributed by atoms with Gasteiger partial charge in [0.2, 0.25) is 11.9 Å². The molecule has 0 radical (unpaired) electrons. The van der Waals surface area contributed by atoms with E-state index in [1.807, 2.05) is 6.92 Å². The molecular formula is C6H8FN3. The van der Waals surface area contributed by atoms with Gasteiger partial charge in [-0.05, 0) is 6.42 Å². The van der Waals surface area contributed by atoms with Crippen LogP contribution in [0, 0.1) is 5.95 Å². The van der Waals surface area contributed by atoms with Gasteiger partial charge in [0.05, 0.1) is 0 Å². The second-order valence-corrected chi connectivity index (χ2v) is 1.89. The molecule has 0 fully saturated rings. The normalized spacial score (nSPS) is 9.80. The van der Waals surface area contributed by atoms with Crippen LogP contribution < -0.4 is 5.73 Å². The van der Waals surface area contributed by atoms with Crippen molar-refractivity contribution in [2.24, 2.45) is 0 Å². The number of aryl methyl sites for hydroxylation is 1. The fourth-order valence-corrected chi connectivity index (χ4v) is 0.665. The van der Waals surface area contributed by atoms with Crippen LogP contribution in [0.15, 0.2) is 6.07 Å². The van der Waals surface area contributed by atoms with E-state index < -0.39 is 5.95 Å². The van der Waals surface area contributed by atoms with Crippen molar-refractivity contribution in [3.8, 4) is 0 Å². The number of hydrogen-bond acceptors (Lipinski definition) is 3. The van der Waals surface area contributed by atoms with E-state index in [1.165, 1.54) is 6.07 Å². The molecule has 1 aromatic heterocycles. The summed E-state index contributed by atoms with van der Waals surface area (Å²) in [6, 6.07) is 1.27. The molecule has 0 aliphatic rings. The largest absolute Gasteiger partial charge is 0.368 e. The summed E-state index contributed by atoms with van der Waals surface area (Å²) in [4.78, 5) is 7.06. The molecule has 0 amide bonds. The smallest absolute Gasteiger partial charge is 0.222 e. The van der Waals surface area contributed by atoms with Gasteiger partial charge >= 0.3 is 0 Å². The van der Waals surface area contributed by atoms with Gasteiger partial charge in [0.15, 0.2) is 0 Å². The van der Waals surface area contributed by atoms with Crippen LogP contribution in [-0.2, 0) is 6.42 Å². The van der Waals surface area contributed by atoms with Gasteiger partial charge in [0.1, 0.15) is 0 Å². The monoisotopic (exact) mass is 141 g/mol. The lowest BCUT2D eigenvalue weighted by atomic mass is 10.3. The Hall–Kier alpha value is -1.19. The van der Waals surface area contributed by atoms with E-state index in [0.29, 0.717) is 12.1 Å². The zero-order valence-corrected chi connectivity index (χ0v) is 5.63. The molecule has 54 valence electrons. The van der Waals surface area contributed by atoms with Gasteiger partial charge in [-0.25, -0.2) is 4.98 Å². The summed E-state index contributed by atoms with van der Waals surface area (Å²) in [5.41, 5.74) is 5.80. The van der Waals surface area contributed by atoms with E-state index in [9.17, 15) is 4.39 Å². The van der Waals surface area contributed by atoms with Crippen molar-refractivity contribution in [3.05, 3.63) is 17.7 Å². The Kier molecular flexibility index (Phi) is 1.80. The number of nitrogens with zero attached hydrogens (tertiary/aromatic N) is 2. The lowest BCUT2D eigenvalue weighted by Crippen LogP contribution is -2.00. The lowest BCUT2D eigenvalue weighted by Gasteiger charge is -1.95. The van der Waals surface area contributed by atoms with Gasteiger partial charge < -0.3 is 5.73 Å². The van der Waals surface area contributed by atoms with E-state index in [1.54, 1.807) is 0 Å². The van der Waals surface area contributed by atoms with Crippen molar-refractivity contribution >= 4 is 5.95 Å². The van der Waals surface area contributed by atoms with Crippen LogP contribution in [0.3, 0.4) is 0 Å². The third-order valence-corrected chi connectivity index (χ3v) is 1.13. The zero-order valence-electron chi connectivity index (χ0n) is 5.63. The molecule has 0 aromatic carbocycles. The van der Waals surface area contributed by atoms with Crippen LogP contribution in [0.1, 0.15) is 12.6 Å². The summed E-state index contributed by atoms with van der Waals surface area (Å²) < 4.78 is 12.4. The van der Waals surface area contributed by atoms with E-state index in [4.69, 9.17) is 5.73 Å². The second kappa shape index (κ2) is 2.60. The summed E-state index contributed by atoms with van der Waals surface area (Å²) >= 11 is 0. The highest BCUT2D eigenvalue weighted by Gasteiger charge is 1.97. The first kappa shape index (κ1) is 6.92. The first-order valence-corrected chi connectivity index (χ1v) is 3.01. The Labute approximate surface area is 58.1 Å². The summed E-state index contributed by atoms with van der Waals surface area (Å²) in [5, 5.41) is 0. The Balaban J connectivity index is 3.06. The Morgan fingerprint density at radius 3 is 2.80 bits per heavy atom. The minimum absolute atomic E-state index is 0.00292. The highest BCUT2D eigenvalue weighted by Crippen LogP contribution is 2.00. The molecule has 0 bridgehead atoms. The zero-order chi connectivity index (χ0) is 7.56. The summed E-state index contributed by atoms with van der Waals surface area (Å²) in [5.74, 6) is -0.568. The van der Waals surface area contributed by atoms with E-state index in [-0.39, 0.29) is 5.95 Å². The van der Waals surface area contributed by atoms with Crippen molar-refractivity contribution in [1.82, 2.24) is 9.97 Å². The van der Waals surface area contributed by atoms with Crippen LogP contribution in [0.4, 0.5) is 10.3 Å². The minimum Gasteiger partial charge on any atom is -0.368 e. The maximum atomic E-state index is 12.4. The predicted octanol–water partition coefficient (Wildman–Crippen LogP) is 0.760. The molecule has 1 aromatic rings. The second-order valence-electron chi connectivity index (χ2n) is 1.89. The molecule has 3 nitrogen and oxygen atoms in total. The molecule has 0 aliphatic carbocycles. The molecule has 2 N–H and O–H groups in total. The summed E-state index contributed by atoms with van der Waals surface area (Å²) in [7, 11) is 0. The molecule has 10 heavy (non-hydrogen) atoms. The van der Waals surface area contributed by atoms with Crippen molar-refractivity contribution in [1.29, 1.82) is 0 Å². The van der Waals surface area contributed by atoms with Gasteiger partial charge in [0.25, 0.3) is 0 Å². The molecule has 0 saturated heterocycles. The fraction of sp³-hybridized carbons (Fsp3) is 0.333. The van der Waals surface area contributed by atoms with Crippen LogP contribution in [0.2, 0.25) is 0 Å². The van der Waals surface area contributed by atoms with Gasteiger partial charge in [0, 0.05) is 11.8 Å². The molecule has 1 rings (SSSR count). The molecular weight excluding hydrogens is 133 g/mol. The average molecular weight is 141 g/mol. The SMILES string of the molecule is CCc1cc(F)nc(N)n1. The highest BCUT2D eigenvalue weighted by atomic mass is 19.1. The van der Waals surface area contributed by atoms with Crippen molar-refractivity contribution in [2.75, 3.05) is 5.73 Å². The molecule has 0 unspecified atom stereocenters. The number of anilines is 1. The number of rotatable bonds is 1. The molecule has 1 heterocycles. The number of aromatic nitrogens is 2. The van der Waals surface area contributed by atoms with Gasteiger partial charge in [-0.1, -0.05) is 6.92 Å². The number of hydrogen-bond donors (Lipinski definition) is 1. The maximum Gasteiger partial charge on any atom is 0.222 e. The fourth-order valence-electron chi connectivity index (χ4n) is 0.665. The quantitative estimate of drug-likeness (QED) is 0.587. The molecule has 0 saturated carbocycles. The molecule has 4 heteroatoms. The molecule has 0 atom stereocenters. The summed E-state index contributed by atoms with van der Waals surface area (Å²) in [6.45, 7) is 1.88. The first-order chi connectivity index (χ1) is 4.72. The standard InChI is InChI=1S/C6H8FN3/c1-2-4-3-5(7)10-6(8)9-4/h3H,2H2,1H3,(H2,8,9,10). The molecule has 0 aliphatic heterocycles. The third kappa shape index (κ3) is 1.40. The third-order valence-electron chi connectivity index (χ3n) is 1.13. The van der Waals surface area contributed by atoms with E-state index in [0.717, 1.165) is 0 Å². The summed E-state index contributed by atoms with van der Waals surface area (Å²) in [6.07, 6.45) is 0.670. The van der Waals surface area contributed by atoms with Crippen LogP contribution in [-0.4, -0.2) is 9.97 Å². The Morgan fingerprint density at radius 2 is 2.30 bits per heavy atom. The highest BCUT2D eigenvalue weighted by molar-refractivity contribution is 5.17. The van der Waals surface area contributed by atoms with Gasteiger partial charge in [-0.3, -0.25) is 0 Å². The lowest BCUT2D eigenvalue weighted by molar-refractivity contribution is 0.578. The van der Waals surface area contributed by atoms with Gasteiger partial charge in [-0.15, -0.1) is 0 Å². The van der Waals surface area contributed by atoms with Crippen molar-refractivity contribution in [2.45, 2.75) is 13.3 Å². The van der Waals surface area contributed by atoms with E-state index in [2.05, 4.69) is 9.97 Å². The van der Waals surface area contributed by atoms with E-state index >= 15 is 0 Å². The van der Waals surface area contributed by atoms with Gasteiger partial charge in [-0.2, -0.15) is 9.37 Å². The van der Waals surface area contributed by atoms with Crippen LogP contribution >= 0.6 is 0 Å². The number of nitrogen functional groups attached to an aromatic ring is 1. The predicted molar refractivity (Wildman–Crippen MR) is 35.8 cm³/mol. The topological polar surface area (TPSA) is 51.8 Å².